The fraction of sp³-hybridized carbons (Fsp3) is 0.435. The SMILES string of the molecule is CC(C)(C(=O)N1CCN(Cc2cccc3c2NCC3)CC1)c1ccccc1. The Bertz CT molecular complexity index is 808. The topological polar surface area (TPSA) is 35.6 Å². The molecule has 2 heterocycles. The Hall–Kier alpha value is -2.33. The van der Waals surface area contributed by atoms with Gasteiger partial charge >= 0.3 is 0 Å². The number of carbonyl (C=O) groups excluding carboxylic acids is 1. The Morgan fingerprint density at radius 2 is 1.74 bits per heavy atom. The Kier molecular flexibility index (Phi) is 4.92. The molecule has 0 aliphatic carbocycles. The molecule has 0 saturated carbocycles. The third kappa shape index (κ3) is 3.59. The average Bonchev–Trinajstić information content (AvgIpc) is 3.19. The Morgan fingerprint density at radius 1 is 1.00 bits per heavy atom. The van der Waals surface area contributed by atoms with E-state index in [0.717, 1.165) is 51.3 Å². The van der Waals surface area contributed by atoms with E-state index in [-0.39, 0.29) is 5.91 Å². The number of hydrogen-bond acceptors (Lipinski definition) is 3. The lowest BCUT2D eigenvalue weighted by Crippen LogP contribution is -2.52. The highest BCUT2D eigenvalue weighted by Crippen LogP contribution is 2.29. The molecule has 2 aromatic carbocycles. The molecule has 2 aliphatic heterocycles. The number of anilines is 1. The van der Waals surface area contributed by atoms with Crippen molar-refractivity contribution in [1.29, 1.82) is 0 Å². The van der Waals surface area contributed by atoms with Gasteiger partial charge in [-0.05, 0) is 37.0 Å². The molecule has 1 saturated heterocycles. The molecule has 1 fully saturated rings. The van der Waals surface area contributed by atoms with Gasteiger partial charge < -0.3 is 10.2 Å². The highest BCUT2D eigenvalue weighted by Gasteiger charge is 2.35. The second-order valence-corrected chi connectivity index (χ2v) is 8.19. The summed E-state index contributed by atoms with van der Waals surface area (Å²) in [4.78, 5) is 17.6. The van der Waals surface area contributed by atoms with Gasteiger partial charge in [0.05, 0.1) is 5.41 Å². The maximum atomic E-state index is 13.1. The average molecular weight is 364 g/mol. The number of rotatable bonds is 4. The monoisotopic (exact) mass is 363 g/mol. The van der Waals surface area contributed by atoms with Crippen LogP contribution in [0.4, 0.5) is 5.69 Å². The Balaban J connectivity index is 1.38. The van der Waals surface area contributed by atoms with Crippen LogP contribution in [0.2, 0.25) is 0 Å². The molecular weight excluding hydrogens is 334 g/mol. The summed E-state index contributed by atoms with van der Waals surface area (Å²) in [5.41, 5.74) is 4.76. The minimum Gasteiger partial charge on any atom is -0.384 e. The number of piperazine rings is 1. The molecule has 1 N–H and O–H groups in total. The normalized spacial score (nSPS) is 17.5. The van der Waals surface area contributed by atoms with Crippen LogP contribution in [0.15, 0.2) is 48.5 Å². The summed E-state index contributed by atoms with van der Waals surface area (Å²) < 4.78 is 0. The van der Waals surface area contributed by atoms with Gasteiger partial charge in [0.25, 0.3) is 0 Å². The van der Waals surface area contributed by atoms with Gasteiger partial charge in [-0.2, -0.15) is 0 Å². The molecule has 2 aromatic rings. The van der Waals surface area contributed by atoms with Crippen molar-refractivity contribution in [2.75, 3.05) is 38.0 Å². The molecular formula is C23H29N3O. The van der Waals surface area contributed by atoms with Crippen molar-refractivity contribution in [1.82, 2.24) is 9.80 Å². The zero-order chi connectivity index (χ0) is 18.9. The first-order chi connectivity index (χ1) is 13.1. The first kappa shape index (κ1) is 18.1. The van der Waals surface area contributed by atoms with E-state index in [9.17, 15) is 4.79 Å². The maximum absolute atomic E-state index is 13.1. The summed E-state index contributed by atoms with van der Waals surface area (Å²) in [5, 5.41) is 3.53. The number of carbonyl (C=O) groups is 1. The lowest BCUT2D eigenvalue weighted by molar-refractivity contribution is -0.138. The van der Waals surface area contributed by atoms with E-state index in [1.165, 1.54) is 16.8 Å². The van der Waals surface area contributed by atoms with Crippen molar-refractivity contribution >= 4 is 11.6 Å². The molecule has 0 radical (unpaired) electrons. The lowest BCUT2D eigenvalue weighted by Gasteiger charge is -2.39. The van der Waals surface area contributed by atoms with Crippen LogP contribution in [0.5, 0.6) is 0 Å². The third-order valence-electron chi connectivity index (χ3n) is 6.02. The number of nitrogens with zero attached hydrogens (tertiary/aromatic N) is 2. The van der Waals surface area contributed by atoms with Gasteiger partial charge in [0.1, 0.15) is 0 Å². The minimum absolute atomic E-state index is 0.232. The molecule has 0 bridgehead atoms. The van der Waals surface area contributed by atoms with Crippen molar-refractivity contribution in [3.05, 3.63) is 65.2 Å². The van der Waals surface area contributed by atoms with E-state index < -0.39 is 5.41 Å². The molecule has 4 heteroatoms. The van der Waals surface area contributed by atoms with Crippen LogP contribution >= 0.6 is 0 Å². The van der Waals surface area contributed by atoms with Crippen LogP contribution in [0.1, 0.15) is 30.5 Å². The van der Waals surface area contributed by atoms with Crippen molar-refractivity contribution in [2.45, 2.75) is 32.2 Å². The van der Waals surface area contributed by atoms with Crippen LogP contribution in [-0.2, 0) is 23.2 Å². The minimum atomic E-state index is -0.479. The predicted octanol–water partition coefficient (Wildman–Crippen LogP) is 3.28. The van der Waals surface area contributed by atoms with Crippen LogP contribution in [0, 0.1) is 0 Å². The lowest BCUT2D eigenvalue weighted by atomic mass is 9.83. The highest BCUT2D eigenvalue weighted by atomic mass is 16.2. The van der Waals surface area contributed by atoms with Crippen LogP contribution in [-0.4, -0.2) is 48.4 Å². The molecule has 1 amide bonds. The van der Waals surface area contributed by atoms with Crippen molar-refractivity contribution in [3.63, 3.8) is 0 Å². The van der Waals surface area contributed by atoms with Gasteiger partial charge in [-0.15, -0.1) is 0 Å². The number of benzene rings is 2. The molecule has 4 rings (SSSR count). The van der Waals surface area contributed by atoms with Gasteiger partial charge in [-0.25, -0.2) is 0 Å². The third-order valence-corrected chi connectivity index (χ3v) is 6.02. The standard InChI is InChI=1S/C23H29N3O/c1-23(2,20-9-4-3-5-10-20)22(27)26-15-13-25(14-16-26)17-19-8-6-7-18-11-12-24-21(18)19/h3-10,24H,11-17H2,1-2H3. The zero-order valence-corrected chi connectivity index (χ0v) is 16.4. The highest BCUT2D eigenvalue weighted by molar-refractivity contribution is 5.87. The van der Waals surface area contributed by atoms with Gasteiger partial charge in [0.2, 0.25) is 5.91 Å². The van der Waals surface area contributed by atoms with E-state index in [1.54, 1.807) is 0 Å². The van der Waals surface area contributed by atoms with Crippen molar-refractivity contribution in [2.24, 2.45) is 0 Å². The fourth-order valence-electron chi connectivity index (χ4n) is 4.27. The number of amides is 1. The molecule has 0 atom stereocenters. The second-order valence-electron chi connectivity index (χ2n) is 8.19. The summed E-state index contributed by atoms with van der Waals surface area (Å²) in [5.74, 6) is 0.232. The molecule has 0 aromatic heterocycles. The molecule has 142 valence electrons. The first-order valence-electron chi connectivity index (χ1n) is 9.97. The summed E-state index contributed by atoms with van der Waals surface area (Å²) >= 11 is 0. The fourth-order valence-corrected chi connectivity index (χ4v) is 4.27. The molecule has 4 nitrogen and oxygen atoms in total. The van der Waals surface area contributed by atoms with Crippen LogP contribution < -0.4 is 5.32 Å². The second kappa shape index (κ2) is 7.35. The van der Waals surface area contributed by atoms with E-state index in [4.69, 9.17) is 0 Å². The van der Waals surface area contributed by atoms with Gasteiger partial charge in [-0.1, -0.05) is 48.5 Å². The van der Waals surface area contributed by atoms with Crippen molar-refractivity contribution < 1.29 is 4.79 Å². The molecule has 27 heavy (non-hydrogen) atoms. The number of para-hydroxylation sites is 1. The largest absolute Gasteiger partial charge is 0.384 e. The van der Waals surface area contributed by atoms with Crippen molar-refractivity contribution in [3.8, 4) is 0 Å². The van der Waals surface area contributed by atoms with Gasteiger partial charge in [-0.3, -0.25) is 9.69 Å². The Morgan fingerprint density at radius 3 is 2.48 bits per heavy atom. The summed E-state index contributed by atoms with van der Waals surface area (Å²) in [7, 11) is 0. The summed E-state index contributed by atoms with van der Waals surface area (Å²) in [6.07, 6.45) is 1.13. The quantitative estimate of drug-likeness (QED) is 0.906. The first-order valence-corrected chi connectivity index (χ1v) is 9.97. The van der Waals surface area contributed by atoms with E-state index in [2.05, 4.69) is 40.5 Å². The molecule has 0 unspecified atom stereocenters. The summed E-state index contributed by atoms with van der Waals surface area (Å²) in [6.45, 7) is 9.55. The smallest absolute Gasteiger partial charge is 0.232 e. The van der Waals surface area contributed by atoms with Crippen LogP contribution in [0.25, 0.3) is 0 Å². The van der Waals surface area contributed by atoms with E-state index in [0.29, 0.717) is 0 Å². The predicted molar refractivity (Wildman–Crippen MR) is 110 cm³/mol. The maximum Gasteiger partial charge on any atom is 0.232 e. The molecule has 0 spiro atoms. The van der Waals surface area contributed by atoms with Gasteiger partial charge in [0, 0.05) is 45.0 Å². The number of nitrogens with one attached hydrogen (secondary N) is 1. The van der Waals surface area contributed by atoms with E-state index in [1.807, 2.05) is 36.9 Å². The summed E-state index contributed by atoms with van der Waals surface area (Å²) in [6, 6.07) is 16.7. The number of hydrogen-bond donors (Lipinski definition) is 1. The van der Waals surface area contributed by atoms with Gasteiger partial charge in [0.15, 0.2) is 0 Å². The zero-order valence-electron chi connectivity index (χ0n) is 16.4. The number of fused-ring (bicyclic) bond motifs is 1. The van der Waals surface area contributed by atoms with E-state index >= 15 is 0 Å². The Labute approximate surface area is 162 Å². The van der Waals surface area contributed by atoms with Crippen LogP contribution in [0.3, 0.4) is 0 Å². The molecule has 2 aliphatic rings.